The summed E-state index contributed by atoms with van der Waals surface area (Å²) >= 11 is 15.8. The van der Waals surface area contributed by atoms with E-state index in [2.05, 4.69) is 15.2 Å². The number of carbonyl (C=O) groups is 2. The SMILES string of the molecule is COc1ccc([C@H](Cc2c(Cl)c[nH+]cc2Cl)OC(=O)c2ccc(CNC(C(=O)OC3CN4CCC3CC4)c3cccs3)s2)cc1OC.[OH-]. The van der Waals surface area contributed by atoms with Gasteiger partial charge in [0.15, 0.2) is 23.9 Å². The zero-order valence-electron chi connectivity index (χ0n) is 26.4. The van der Waals surface area contributed by atoms with Crippen LogP contribution in [-0.4, -0.2) is 62.3 Å². The van der Waals surface area contributed by atoms with Gasteiger partial charge in [-0.15, -0.1) is 22.7 Å². The molecule has 14 heteroatoms. The zero-order valence-corrected chi connectivity index (χ0v) is 29.6. The van der Waals surface area contributed by atoms with Crippen molar-refractivity contribution in [2.75, 3.05) is 33.9 Å². The van der Waals surface area contributed by atoms with Crippen molar-refractivity contribution < 1.29 is 39.0 Å². The first-order valence-corrected chi connectivity index (χ1v) is 17.8. The Morgan fingerprint density at radius 3 is 2.44 bits per heavy atom. The third kappa shape index (κ3) is 8.31. The molecule has 0 spiro atoms. The van der Waals surface area contributed by atoms with Gasteiger partial charge in [0.2, 0.25) is 0 Å². The van der Waals surface area contributed by atoms with E-state index in [4.69, 9.17) is 42.1 Å². The molecule has 256 valence electrons. The van der Waals surface area contributed by atoms with E-state index >= 15 is 0 Å². The van der Waals surface area contributed by atoms with Crippen LogP contribution in [0.15, 0.2) is 60.2 Å². The summed E-state index contributed by atoms with van der Waals surface area (Å²) in [5, 5.41) is 6.19. The topological polar surface area (TPSA) is 130 Å². The lowest BCUT2D eigenvalue weighted by molar-refractivity contribution is -0.377. The van der Waals surface area contributed by atoms with E-state index in [1.807, 2.05) is 29.6 Å². The number of nitrogens with zero attached hydrogens (tertiary/aromatic N) is 1. The maximum absolute atomic E-state index is 13.6. The first-order valence-electron chi connectivity index (χ1n) is 15.4. The van der Waals surface area contributed by atoms with Crippen molar-refractivity contribution in [2.45, 2.75) is 44.1 Å². The highest BCUT2D eigenvalue weighted by Gasteiger charge is 2.38. The third-order valence-electron chi connectivity index (χ3n) is 8.69. The summed E-state index contributed by atoms with van der Waals surface area (Å²) in [5.41, 5.74) is 1.33. The lowest BCUT2D eigenvalue weighted by atomic mass is 9.86. The molecule has 0 saturated carbocycles. The minimum Gasteiger partial charge on any atom is -0.870 e. The van der Waals surface area contributed by atoms with Crippen molar-refractivity contribution in [1.82, 2.24) is 10.2 Å². The molecule has 48 heavy (non-hydrogen) atoms. The van der Waals surface area contributed by atoms with Crippen LogP contribution in [0.4, 0.5) is 0 Å². The van der Waals surface area contributed by atoms with Gasteiger partial charge in [0.1, 0.15) is 33.2 Å². The molecule has 2 unspecified atom stereocenters. The molecule has 6 heterocycles. The number of hydrogen-bond acceptors (Lipinski definition) is 11. The smallest absolute Gasteiger partial charge is 0.348 e. The summed E-state index contributed by atoms with van der Waals surface area (Å²) in [6, 6.07) is 12.2. The summed E-state index contributed by atoms with van der Waals surface area (Å²) in [5.74, 6) is 0.717. The zero-order chi connectivity index (χ0) is 32.9. The highest BCUT2D eigenvalue weighted by molar-refractivity contribution is 7.14. The number of esters is 2. The Labute approximate surface area is 297 Å². The van der Waals surface area contributed by atoms with E-state index in [0.717, 1.165) is 42.2 Å². The number of pyridine rings is 1. The predicted molar refractivity (Wildman–Crippen MR) is 184 cm³/mol. The monoisotopic (exact) mass is 733 g/mol. The molecule has 3 aliphatic heterocycles. The first kappa shape index (κ1) is 36.1. The molecule has 0 amide bonds. The van der Waals surface area contributed by atoms with Crippen molar-refractivity contribution in [3.63, 3.8) is 0 Å². The number of fused-ring (bicyclic) bond motifs is 3. The largest absolute Gasteiger partial charge is 0.870 e. The van der Waals surface area contributed by atoms with E-state index in [0.29, 0.717) is 50.0 Å². The second-order valence-corrected chi connectivity index (χ2v) is 14.5. The Morgan fingerprint density at radius 1 is 1.04 bits per heavy atom. The van der Waals surface area contributed by atoms with Gasteiger partial charge >= 0.3 is 11.9 Å². The van der Waals surface area contributed by atoms with Crippen LogP contribution in [0.2, 0.25) is 10.0 Å². The maximum atomic E-state index is 13.6. The molecule has 3 N–H and O–H groups in total. The summed E-state index contributed by atoms with van der Waals surface area (Å²) in [6.07, 6.45) is 4.83. The van der Waals surface area contributed by atoms with Crippen LogP contribution in [0.5, 0.6) is 11.5 Å². The number of aromatic nitrogens is 1. The van der Waals surface area contributed by atoms with Gasteiger partial charge < -0.3 is 24.4 Å². The fraction of sp³-hybridized carbons (Fsp3) is 0.382. The van der Waals surface area contributed by atoms with E-state index in [9.17, 15) is 9.59 Å². The Morgan fingerprint density at radius 2 is 1.79 bits per heavy atom. The minimum atomic E-state index is -0.729. The van der Waals surface area contributed by atoms with Crippen molar-refractivity contribution in [2.24, 2.45) is 5.92 Å². The summed E-state index contributed by atoms with van der Waals surface area (Å²) in [6.45, 7) is 3.34. The van der Waals surface area contributed by atoms with Gasteiger partial charge in [0, 0.05) is 34.8 Å². The third-order valence-corrected chi connectivity index (χ3v) is 11.4. The molecule has 3 aromatic heterocycles. The fourth-order valence-electron chi connectivity index (χ4n) is 6.13. The molecule has 4 aromatic rings. The lowest BCUT2D eigenvalue weighted by Crippen LogP contribution is -2.52. The predicted octanol–water partition coefficient (Wildman–Crippen LogP) is 6.38. The van der Waals surface area contributed by atoms with Crippen molar-refractivity contribution >= 4 is 57.8 Å². The summed E-state index contributed by atoms with van der Waals surface area (Å²) in [4.78, 5) is 34.5. The molecular weight excluding hydrogens is 697 g/mol. The van der Waals surface area contributed by atoms with Gasteiger partial charge in [-0.3, -0.25) is 10.2 Å². The van der Waals surface area contributed by atoms with Crippen molar-refractivity contribution in [3.8, 4) is 11.5 Å². The van der Waals surface area contributed by atoms with E-state index < -0.39 is 18.1 Å². The number of H-pyrrole nitrogens is 1. The number of nitrogens with one attached hydrogen (secondary N) is 2. The Balaban J connectivity index is 0.00000451. The highest BCUT2D eigenvalue weighted by atomic mass is 35.5. The molecule has 3 aliphatic rings. The molecule has 2 bridgehead atoms. The number of halogens is 2. The number of aromatic amines is 1. The number of rotatable bonds is 13. The Kier molecular flexibility index (Phi) is 12.4. The summed E-state index contributed by atoms with van der Waals surface area (Å²) < 4.78 is 23.1. The molecule has 10 nitrogen and oxygen atoms in total. The molecule has 0 radical (unpaired) electrons. The quantitative estimate of drug-likeness (QED) is 0.156. The Hall–Kier alpha value is -3.23. The van der Waals surface area contributed by atoms with Gasteiger partial charge in [-0.05, 0) is 73.1 Å². The fourth-order valence-corrected chi connectivity index (χ4v) is 8.29. The number of hydrogen-bond donors (Lipinski definition) is 1. The second-order valence-electron chi connectivity index (χ2n) is 11.6. The van der Waals surface area contributed by atoms with Crippen molar-refractivity contribution in [1.29, 1.82) is 0 Å². The van der Waals surface area contributed by atoms with E-state index in [1.165, 1.54) is 22.7 Å². The van der Waals surface area contributed by atoms with Gasteiger partial charge in [0.05, 0.1) is 14.2 Å². The molecule has 3 saturated heterocycles. The number of ether oxygens (including phenoxy) is 4. The van der Waals surface area contributed by atoms with Crippen LogP contribution in [0, 0.1) is 5.92 Å². The summed E-state index contributed by atoms with van der Waals surface area (Å²) in [7, 11) is 3.10. The van der Waals surface area contributed by atoms with Crippen molar-refractivity contribution in [3.05, 3.63) is 96.0 Å². The van der Waals surface area contributed by atoms with E-state index in [1.54, 1.807) is 44.8 Å². The number of methoxy groups -OCH3 is 2. The average molecular weight is 735 g/mol. The van der Waals surface area contributed by atoms with E-state index in [-0.39, 0.29) is 24.0 Å². The molecular formula is C34H37Cl2N3O7S2. The number of benzene rings is 1. The standard InChI is InChI=1S/C34H35Cl2N3O6S2.H2O/c1-42-26-7-5-21(14-28(26)43-2)27(15-23-24(35)17-37-18-25(23)36)44-33(40)31-8-6-22(47-31)16-38-32(30-4-3-13-46-30)34(41)45-29-19-39-11-9-20(29)10-12-39;/h3-8,13-14,17-18,20,27,29,32,38H,9-12,15-16,19H2,1-2H3;1H2/t27-,29?,32?;/m0./s1. The molecule has 3 fully saturated rings. The van der Waals surface area contributed by atoms with Gasteiger partial charge in [-0.2, -0.15) is 0 Å². The van der Waals surface area contributed by atoms with Crippen LogP contribution in [0.3, 0.4) is 0 Å². The first-order chi connectivity index (χ1) is 22.8. The molecule has 3 atom stereocenters. The average Bonchev–Trinajstić information content (AvgIpc) is 3.80. The van der Waals surface area contributed by atoms with Gasteiger partial charge in [0.25, 0.3) is 0 Å². The number of carbonyl (C=O) groups excluding carboxylic acids is 2. The van der Waals surface area contributed by atoms with Crippen LogP contribution < -0.4 is 19.8 Å². The van der Waals surface area contributed by atoms with Gasteiger partial charge in [-0.25, -0.2) is 14.6 Å². The normalized spacial score (nSPS) is 19.5. The molecule has 7 rings (SSSR count). The highest BCUT2D eigenvalue weighted by Crippen LogP contribution is 2.36. The van der Waals surface area contributed by atoms with Crippen LogP contribution in [0.25, 0.3) is 0 Å². The minimum absolute atomic E-state index is 0. The van der Waals surface area contributed by atoms with Crippen LogP contribution in [-0.2, 0) is 27.2 Å². The maximum Gasteiger partial charge on any atom is 0.348 e. The van der Waals surface area contributed by atoms with Gasteiger partial charge in [-0.1, -0.05) is 35.3 Å². The Bertz CT molecular complexity index is 1680. The second kappa shape index (κ2) is 16.4. The molecule has 0 aliphatic carbocycles. The van der Waals surface area contributed by atoms with Crippen LogP contribution >= 0.6 is 45.9 Å². The number of thiophene rings is 2. The lowest BCUT2D eigenvalue weighted by Gasteiger charge is -2.44. The number of piperidine rings is 3. The molecule has 1 aromatic carbocycles. The van der Waals surface area contributed by atoms with Crippen LogP contribution in [0.1, 0.15) is 55.5 Å².